The average molecular weight is 224 g/mol. The molecule has 2 N–H and O–H groups in total. The number of benzene rings is 2. The minimum Gasteiger partial charge on any atom is -0.497 e. The monoisotopic (exact) mass is 224 g/mol. The highest BCUT2D eigenvalue weighted by Crippen LogP contribution is 2.26. The molecule has 17 heavy (non-hydrogen) atoms. The van der Waals surface area contributed by atoms with Gasteiger partial charge in [-0.2, -0.15) is 5.26 Å². The molecule has 0 unspecified atom stereocenters. The first-order chi connectivity index (χ1) is 8.24. The van der Waals surface area contributed by atoms with E-state index >= 15 is 0 Å². The number of rotatable bonds is 2. The minimum atomic E-state index is 0.491. The molecule has 0 aliphatic rings. The van der Waals surface area contributed by atoms with E-state index in [9.17, 15) is 0 Å². The third kappa shape index (κ3) is 2.21. The molecule has 0 spiro atoms. The van der Waals surface area contributed by atoms with E-state index in [1.54, 1.807) is 19.2 Å². The zero-order chi connectivity index (χ0) is 12.3. The molecule has 3 heteroatoms. The topological polar surface area (TPSA) is 59.0 Å². The number of nitrogens with zero attached hydrogens (tertiary/aromatic N) is 1. The molecule has 0 bridgehead atoms. The van der Waals surface area contributed by atoms with Crippen LogP contribution in [0.15, 0.2) is 42.5 Å². The SMILES string of the molecule is COc1cccc(-c2ccc(N)c(C#N)c2)c1. The van der Waals surface area contributed by atoms with Crippen molar-refractivity contribution >= 4 is 5.69 Å². The van der Waals surface area contributed by atoms with E-state index in [0.29, 0.717) is 11.3 Å². The Hall–Kier alpha value is -2.47. The van der Waals surface area contributed by atoms with Crippen LogP contribution in [0.25, 0.3) is 11.1 Å². The number of ether oxygens (including phenoxy) is 1. The Labute approximate surface area is 100 Å². The lowest BCUT2D eigenvalue weighted by atomic mass is 10.0. The third-order valence-electron chi connectivity index (χ3n) is 2.58. The lowest BCUT2D eigenvalue weighted by Gasteiger charge is -2.06. The van der Waals surface area contributed by atoms with Gasteiger partial charge < -0.3 is 10.5 Å². The predicted molar refractivity (Wildman–Crippen MR) is 67.6 cm³/mol. The fourth-order valence-corrected chi connectivity index (χ4v) is 1.64. The van der Waals surface area contributed by atoms with E-state index in [4.69, 9.17) is 15.7 Å². The highest BCUT2D eigenvalue weighted by Gasteiger charge is 2.03. The van der Waals surface area contributed by atoms with Crippen molar-refractivity contribution in [3.8, 4) is 22.9 Å². The van der Waals surface area contributed by atoms with Crippen molar-refractivity contribution in [3.63, 3.8) is 0 Å². The molecule has 3 nitrogen and oxygen atoms in total. The molecule has 0 amide bonds. The van der Waals surface area contributed by atoms with Gasteiger partial charge >= 0.3 is 0 Å². The zero-order valence-electron chi connectivity index (χ0n) is 9.47. The summed E-state index contributed by atoms with van der Waals surface area (Å²) in [5, 5.41) is 8.94. The van der Waals surface area contributed by atoms with Crippen LogP contribution in [0.2, 0.25) is 0 Å². The van der Waals surface area contributed by atoms with Crippen LogP contribution in [0, 0.1) is 11.3 Å². The standard InChI is InChI=1S/C14H12N2O/c1-17-13-4-2-3-10(8-13)11-5-6-14(16)12(7-11)9-15/h2-8H,16H2,1H3. The Morgan fingerprint density at radius 3 is 2.59 bits per heavy atom. The summed E-state index contributed by atoms with van der Waals surface area (Å²) < 4.78 is 5.17. The largest absolute Gasteiger partial charge is 0.497 e. The van der Waals surface area contributed by atoms with Gasteiger partial charge in [-0.3, -0.25) is 0 Å². The summed E-state index contributed by atoms with van der Waals surface area (Å²) in [4.78, 5) is 0. The molecule has 2 aromatic carbocycles. The Morgan fingerprint density at radius 1 is 1.12 bits per heavy atom. The molecule has 0 aliphatic carbocycles. The van der Waals surface area contributed by atoms with Gasteiger partial charge in [0.05, 0.1) is 12.7 Å². The van der Waals surface area contributed by atoms with Gasteiger partial charge in [0.1, 0.15) is 11.8 Å². The molecule has 0 radical (unpaired) electrons. The summed E-state index contributed by atoms with van der Waals surface area (Å²) in [5.74, 6) is 0.790. The summed E-state index contributed by atoms with van der Waals surface area (Å²) in [7, 11) is 1.63. The van der Waals surface area contributed by atoms with Crippen LogP contribution < -0.4 is 10.5 Å². The smallest absolute Gasteiger partial charge is 0.119 e. The van der Waals surface area contributed by atoms with Gasteiger partial charge in [-0.15, -0.1) is 0 Å². The number of nitrogen functional groups attached to an aromatic ring is 1. The molecule has 0 heterocycles. The van der Waals surface area contributed by atoms with Gasteiger partial charge in [-0.1, -0.05) is 18.2 Å². The third-order valence-corrected chi connectivity index (χ3v) is 2.58. The molecular formula is C14H12N2O. The molecule has 0 aliphatic heterocycles. The van der Waals surface area contributed by atoms with Crippen LogP contribution in [0.4, 0.5) is 5.69 Å². The number of hydrogen-bond donors (Lipinski definition) is 1. The molecule has 2 aromatic rings. The summed E-state index contributed by atoms with van der Waals surface area (Å²) in [5.41, 5.74) is 8.63. The Kier molecular flexibility index (Phi) is 2.97. The number of nitrogens with two attached hydrogens (primary N) is 1. The van der Waals surface area contributed by atoms with Crippen LogP contribution in [0.5, 0.6) is 5.75 Å². The Morgan fingerprint density at radius 2 is 1.88 bits per heavy atom. The van der Waals surface area contributed by atoms with E-state index in [2.05, 4.69) is 6.07 Å². The summed E-state index contributed by atoms with van der Waals surface area (Å²) in [6.07, 6.45) is 0. The highest BCUT2D eigenvalue weighted by atomic mass is 16.5. The van der Waals surface area contributed by atoms with Crippen LogP contribution >= 0.6 is 0 Å². The van der Waals surface area contributed by atoms with Gasteiger partial charge in [0.25, 0.3) is 0 Å². The van der Waals surface area contributed by atoms with E-state index < -0.39 is 0 Å². The second kappa shape index (κ2) is 4.58. The number of hydrogen-bond acceptors (Lipinski definition) is 3. The molecule has 2 rings (SSSR count). The minimum absolute atomic E-state index is 0.491. The van der Waals surface area contributed by atoms with Crippen molar-refractivity contribution in [1.82, 2.24) is 0 Å². The van der Waals surface area contributed by atoms with Crippen LogP contribution in [-0.4, -0.2) is 7.11 Å². The van der Waals surface area contributed by atoms with Crippen molar-refractivity contribution in [2.45, 2.75) is 0 Å². The van der Waals surface area contributed by atoms with Gasteiger partial charge in [0.15, 0.2) is 0 Å². The molecule has 0 aromatic heterocycles. The van der Waals surface area contributed by atoms with Crippen molar-refractivity contribution in [1.29, 1.82) is 5.26 Å². The fraction of sp³-hybridized carbons (Fsp3) is 0.0714. The van der Waals surface area contributed by atoms with Crippen LogP contribution in [0.1, 0.15) is 5.56 Å². The lowest BCUT2D eigenvalue weighted by molar-refractivity contribution is 0.415. The van der Waals surface area contributed by atoms with Crippen molar-refractivity contribution in [2.75, 3.05) is 12.8 Å². The van der Waals surface area contributed by atoms with Gasteiger partial charge in [0.2, 0.25) is 0 Å². The summed E-state index contributed by atoms with van der Waals surface area (Å²) in [6, 6.07) is 15.2. The molecule has 0 saturated heterocycles. The first kappa shape index (κ1) is 11.0. The van der Waals surface area contributed by atoms with Crippen LogP contribution in [-0.2, 0) is 0 Å². The number of methoxy groups -OCH3 is 1. The molecule has 0 atom stereocenters. The van der Waals surface area contributed by atoms with Crippen molar-refractivity contribution in [2.24, 2.45) is 0 Å². The number of nitriles is 1. The second-order valence-corrected chi connectivity index (χ2v) is 3.65. The van der Waals surface area contributed by atoms with Gasteiger partial charge in [0, 0.05) is 5.69 Å². The summed E-state index contributed by atoms with van der Waals surface area (Å²) in [6.45, 7) is 0. The van der Waals surface area contributed by atoms with E-state index in [-0.39, 0.29) is 0 Å². The quantitative estimate of drug-likeness (QED) is 0.798. The van der Waals surface area contributed by atoms with Gasteiger partial charge in [-0.25, -0.2) is 0 Å². The van der Waals surface area contributed by atoms with E-state index in [0.717, 1.165) is 16.9 Å². The zero-order valence-corrected chi connectivity index (χ0v) is 9.47. The maximum absolute atomic E-state index is 8.94. The second-order valence-electron chi connectivity index (χ2n) is 3.65. The van der Waals surface area contributed by atoms with Crippen LogP contribution in [0.3, 0.4) is 0 Å². The maximum Gasteiger partial charge on any atom is 0.119 e. The molecule has 0 saturated carbocycles. The Bertz CT molecular complexity index is 585. The van der Waals surface area contributed by atoms with Crippen molar-refractivity contribution in [3.05, 3.63) is 48.0 Å². The van der Waals surface area contributed by atoms with E-state index in [1.165, 1.54) is 0 Å². The normalized spacial score (nSPS) is 9.65. The molecule has 0 fully saturated rings. The average Bonchev–Trinajstić information content (AvgIpc) is 2.39. The highest BCUT2D eigenvalue weighted by molar-refractivity contribution is 5.70. The first-order valence-corrected chi connectivity index (χ1v) is 5.18. The molecule has 84 valence electrons. The fourth-order valence-electron chi connectivity index (χ4n) is 1.64. The Balaban J connectivity index is 2.49. The number of anilines is 1. The predicted octanol–water partition coefficient (Wildman–Crippen LogP) is 2.82. The lowest BCUT2D eigenvalue weighted by Crippen LogP contribution is -1.91. The summed E-state index contributed by atoms with van der Waals surface area (Å²) >= 11 is 0. The molecular weight excluding hydrogens is 212 g/mol. The van der Waals surface area contributed by atoms with Gasteiger partial charge in [-0.05, 0) is 35.4 Å². The first-order valence-electron chi connectivity index (χ1n) is 5.18. The van der Waals surface area contributed by atoms with Crippen molar-refractivity contribution < 1.29 is 4.74 Å². The van der Waals surface area contributed by atoms with E-state index in [1.807, 2.05) is 30.3 Å². The maximum atomic E-state index is 8.94.